The molecule has 21 heavy (non-hydrogen) atoms. The molecule has 0 radical (unpaired) electrons. The quantitative estimate of drug-likeness (QED) is 0.513. The molecule has 1 aromatic heterocycles. The highest BCUT2D eigenvalue weighted by molar-refractivity contribution is 7.99. The second-order valence-corrected chi connectivity index (χ2v) is 7.38. The van der Waals surface area contributed by atoms with Crippen LogP contribution in [0.1, 0.15) is 6.42 Å². The molecule has 0 bridgehead atoms. The number of thioether (sulfide) groups is 1. The zero-order valence-electron chi connectivity index (χ0n) is 11.3. The average molecular weight is 345 g/mol. The monoisotopic (exact) mass is 344 g/mol. The lowest BCUT2D eigenvalue weighted by Crippen LogP contribution is -2.12. The van der Waals surface area contributed by atoms with Gasteiger partial charge >= 0.3 is 0 Å². The molecule has 112 valence electrons. The molecule has 0 spiro atoms. The van der Waals surface area contributed by atoms with Crippen LogP contribution in [0, 0.1) is 5.92 Å². The predicted octanol–water partition coefficient (Wildman–Crippen LogP) is 2.95. The normalized spacial score (nSPS) is 19.5. The first kappa shape index (κ1) is 14.8. The van der Waals surface area contributed by atoms with Gasteiger partial charge in [0.2, 0.25) is 5.16 Å². The van der Waals surface area contributed by atoms with Gasteiger partial charge in [-0.2, -0.15) is 0 Å². The second kappa shape index (κ2) is 5.59. The van der Waals surface area contributed by atoms with E-state index in [0.717, 1.165) is 17.7 Å². The average Bonchev–Trinajstić information content (AvgIpc) is 2.92. The molecule has 1 aliphatic carbocycles. The number of nitrogens with zero attached hydrogens (tertiary/aromatic N) is 3. The van der Waals surface area contributed by atoms with Crippen molar-refractivity contribution in [1.29, 1.82) is 0 Å². The van der Waals surface area contributed by atoms with Crippen molar-refractivity contribution in [3.8, 4) is 17.1 Å². The number of hydrogen-bond donors (Lipinski definition) is 1. The van der Waals surface area contributed by atoms with Gasteiger partial charge in [0, 0.05) is 11.7 Å². The first-order valence-corrected chi connectivity index (χ1v) is 8.11. The van der Waals surface area contributed by atoms with E-state index in [-0.39, 0.29) is 5.92 Å². The first-order valence-electron chi connectivity index (χ1n) is 6.37. The van der Waals surface area contributed by atoms with Crippen LogP contribution in [-0.2, 0) is 0 Å². The van der Waals surface area contributed by atoms with Gasteiger partial charge in [-0.3, -0.25) is 0 Å². The van der Waals surface area contributed by atoms with Crippen molar-refractivity contribution >= 4 is 35.0 Å². The van der Waals surface area contributed by atoms with E-state index in [0.29, 0.717) is 16.7 Å². The molecular weight excluding hydrogens is 331 g/mol. The van der Waals surface area contributed by atoms with Gasteiger partial charge in [-0.1, -0.05) is 23.9 Å². The highest BCUT2D eigenvalue weighted by Gasteiger charge is 2.51. The van der Waals surface area contributed by atoms with Gasteiger partial charge in [0.05, 0.1) is 12.7 Å². The van der Waals surface area contributed by atoms with Gasteiger partial charge in [0.25, 0.3) is 0 Å². The topological polar surface area (TPSA) is 66.0 Å². The summed E-state index contributed by atoms with van der Waals surface area (Å²) in [5.74, 6) is 8.40. The largest absolute Gasteiger partial charge is 0.496 e. The lowest BCUT2D eigenvalue weighted by atomic mass is 10.2. The first-order chi connectivity index (χ1) is 10.0. The number of aromatic nitrogens is 3. The number of para-hydroxylation sites is 1. The molecule has 8 heteroatoms. The highest BCUT2D eigenvalue weighted by Crippen LogP contribution is 2.54. The van der Waals surface area contributed by atoms with Crippen molar-refractivity contribution < 1.29 is 4.74 Å². The van der Waals surface area contributed by atoms with E-state index in [1.165, 1.54) is 16.4 Å². The Balaban J connectivity index is 1.79. The Morgan fingerprint density at radius 1 is 1.43 bits per heavy atom. The highest BCUT2D eigenvalue weighted by atomic mass is 35.5. The number of nitrogens with two attached hydrogens (primary N) is 1. The Morgan fingerprint density at radius 3 is 2.81 bits per heavy atom. The van der Waals surface area contributed by atoms with E-state index in [4.69, 9.17) is 33.8 Å². The third-order valence-electron chi connectivity index (χ3n) is 3.38. The minimum Gasteiger partial charge on any atom is -0.496 e. The Kier molecular flexibility index (Phi) is 3.94. The molecule has 5 nitrogen and oxygen atoms in total. The number of alkyl halides is 2. The summed E-state index contributed by atoms with van der Waals surface area (Å²) < 4.78 is 6.20. The van der Waals surface area contributed by atoms with E-state index in [1.807, 2.05) is 24.3 Å². The third kappa shape index (κ3) is 2.93. The molecule has 0 amide bonds. The number of nitrogen functional groups attached to an aromatic ring is 1. The molecule has 2 N–H and O–H groups in total. The van der Waals surface area contributed by atoms with Crippen molar-refractivity contribution in [2.24, 2.45) is 5.92 Å². The van der Waals surface area contributed by atoms with Gasteiger partial charge in [-0.15, -0.1) is 33.4 Å². The molecular formula is C13H14Cl2N4OS. The van der Waals surface area contributed by atoms with Gasteiger partial charge < -0.3 is 10.6 Å². The molecule has 1 heterocycles. The Morgan fingerprint density at radius 2 is 2.14 bits per heavy atom. The molecule has 3 rings (SSSR count). The molecule has 1 fully saturated rings. The zero-order valence-corrected chi connectivity index (χ0v) is 13.6. The molecule has 0 aliphatic heterocycles. The van der Waals surface area contributed by atoms with E-state index in [2.05, 4.69) is 10.2 Å². The minimum atomic E-state index is -0.585. The number of hydrogen-bond acceptors (Lipinski definition) is 5. The maximum Gasteiger partial charge on any atom is 0.210 e. The number of halogens is 2. The van der Waals surface area contributed by atoms with Gasteiger partial charge in [-0.05, 0) is 18.6 Å². The lowest BCUT2D eigenvalue weighted by Gasteiger charge is -2.07. The fourth-order valence-electron chi connectivity index (χ4n) is 2.01. The Labute approximate surface area is 136 Å². The summed E-state index contributed by atoms with van der Waals surface area (Å²) in [6.45, 7) is 0. The van der Waals surface area contributed by atoms with Crippen LogP contribution in [0.5, 0.6) is 5.75 Å². The molecule has 1 saturated carbocycles. The lowest BCUT2D eigenvalue weighted by molar-refractivity contribution is 0.416. The summed E-state index contributed by atoms with van der Waals surface area (Å²) >= 11 is 13.5. The van der Waals surface area contributed by atoms with Crippen LogP contribution in [0.15, 0.2) is 29.4 Å². The van der Waals surface area contributed by atoms with E-state index < -0.39 is 4.33 Å². The van der Waals surface area contributed by atoms with Crippen LogP contribution in [-0.4, -0.2) is 32.1 Å². The third-order valence-corrected chi connectivity index (χ3v) is 5.41. The summed E-state index contributed by atoms with van der Waals surface area (Å²) in [5.41, 5.74) is 0.803. The summed E-state index contributed by atoms with van der Waals surface area (Å²) in [7, 11) is 1.61. The van der Waals surface area contributed by atoms with Crippen molar-refractivity contribution in [1.82, 2.24) is 14.9 Å². The van der Waals surface area contributed by atoms with Gasteiger partial charge in [0.1, 0.15) is 10.1 Å². The SMILES string of the molecule is COc1ccccc1-c1nnc(SCC2CC2(Cl)Cl)n1N. The molecule has 1 atom stereocenters. The molecule has 1 aliphatic rings. The van der Waals surface area contributed by atoms with Crippen LogP contribution in [0.2, 0.25) is 0 Å². The van der Waals surface area contributed by atoms with E-state index >= 15 is 0 Å². The fourth-order valence-corrected chi connectivity index (χ4v) is 3.80. The summed E-state index contributed by atoms with van der Waals surface area (Å²) in [5, 5.41) is 8.91. The number of methoxy groups -OCH3 is 1. The molecule has 2 aromatic rings. The Bertz CT molecular complexity index is 661. The zero-order chi connectivity index (χ0) is 15.0. The number of ether oxygens (including phenoxy) is 1. The second-order valence-electron chi connectivity index (χ2n) is 4.85. The van der Waals surface area contributed by atoms with Crippen molar-refractivity contribution in [2.75, 3.05) is 18.7 Å². The van der Waals surface area contributed by atoms with E-state index in [1.54, 1.807) is 7.11 Å². The van der Waals surface area contributed by atoms with Crippen molar-refractivity contribution in [2.45, 2.75) is 15.9 Å². The predicted molar refractivity (Wildman–Crippen MR) is 85.4 cm³/mol. The Hall–Kier alpha value is -1.11. The molecule has 1 unspecified atom stereocenters. The van der Waals surface area contributed by atoms with Crippen molar-refractivity contribution in [3.63, 3.8) is 0 Å². The van der Waals surface area contributed by atoms with E-state index in [9.17, 15) is 0 Å². The van der Waals surface area contributed by atoms with Crippen LogP contribution < -0.4 is 10.6 Å². The van der Waals surface area contributed by atoms with Crippen molar-refractivity contribution in [3.05, 3.63) is 24.3 Å². The van der Waals surface area contributed by atoms with Crippen LogP contribution in [0.25, 0.3) is 11.4 Å². The van der Waals surface area contributed by atoms with Gasteiger partial charge in [0.15, 0.2) is 5.82 Å². The molecule has 0 saturated heterocycles. The summed E-state index contributed by atoms with van der Waals surface area (Å²) in [4.78, 5) is 0. The number of benzene rings is 1. The minimum absolute atomic E-state index is 0.275. The maximum atomic E-state index is 6.08. The summed E-state index contributed by atoms with van der Waals surface area (Å²) in [6.07, 6.45) is 0.807. The molecule has 1 aromatic carbocycles. The van der Waals surface area contributed by atoms with Crippen LogP contribution in [0.4, 0.5) is 0 Å². The summed E-state index contributed by atoms with van der Waals surface area (Å²) in [6, 6.07) is 7.54. The van der Waals surface area contributed by atoms with Gasteiger partial charge in [-0.25, -0.2) is 4.68 Å². The van der Waals surface area contributed by atoms with Crippen LogP contribution >= 0.6 is 35.0 Å². The number of rotatable bonds is 5. The maximum absolute atomic E-state index is 6.08. The van der Waals surface area contributed by atoms with Crippen LogP contribution in [0.3, 0.4) is 0 Å². The fraction of sp³-hybridized carbons (Fsp3) is 0.385. The standard InChI is InChI=1S/C13H14Cl2N4OS/c1-20-10-5-3-2-4-9(10)11-17-18-12(19(11)16)21-7-8-6-13(8,14)15/h2-5,8H,6-7,16H2,1H3. The smallest absolute Gasteiger partial charge is 0.210 e.